The quantitative estimate of drug-likeness (QED) is 0.378. The van der Waals surface area contributed by atoms with Crippen LogP contribution in [0.3, 0.4) is 0 Å². The van der Waals surface area contributed by atoms with E-state index in [1.807, 2.05) is 60.7 Å². The molecule has 0 amide bonds. The predicted octanol–water partition coefficient (Wildman–Crippen LogP) is 5.20. The van der Waals surface area contributed by atoms with Crippen molar-refractivity contribution in [2.24, 2.45) is 0 Å². The van der Waals surface area contributed by atoms with E-state index in [9.17, 15) is 4.79 Å². The molecule has 150 valence electrons. The van der Waals surface area contributed by atoms with Crippen molar-refractivity contribution in [2.45, 2.75) is 19.4 Å². The fourth-order valence-electron chi connectivity index (χ4n) is 2.86. The maximum Gasteiger partial charge on any atom is 0.306 e. The van der Waals surface area contributed by atoms with Crippen LogP contribution in [0.1, 0.15) is 17.9 Å². The molecule has 0 aliphatic carbocycles. The average molecular weight is 400 g/mol. The van der Waals surface area contributed by atoms with E-state index in [1.54, 1.807) is 24.7 Å². The second kappa shape index (κ2) is 9.52. The predicted molar refractivity (Wildman–Crippen MR) is 111 cm³/mol. The molecule has 0 aliphatic rings. The molecular formula is C24H20N2O4. The van der Waals surface area contributed by atoms with Gasteiger partial charge < -0.3 is 13.9 Å². The van der Waals surface area contributed by atoms with Gasteiger partial charge in [-0.15, -0.1) is 0 Å². The summed E-state index contributed by atoms with van der Waals surface area (Å²) in [4.78, 5) is 20.5. The minimum absolute atomic E-state index is 0.121. The first kappa shape index (κ1) is 19.4. The molecular weight excluding hydrogens is 380 g/mol. The zero-order valence-electron chi connectivity index (χ0n) is 16.2. The summed E-state index contributed by atoms with van der Waals surface area (Å²) in [5, 5.41) is 0. The van der Waals surface area contributed by atoms with Crippen LogP contribution in [-0.2, 0) is 22.6 Å². The minimum Gasteiger partial charge on any atom is -0.461 e. The second-order valence-electron chi connectivity index (χ2n) is 6.54. The van der Waals surface area contributed by atoms with Crippen LogP contribution in [0, 0.1) is 0 Å². The standard InChI is InChI=1S/C24H20N2O4/c27-24(13-12-23-26-16-22(30-23)18-7-2-1-3-8-18)28-17-19-9-4-5-11-21(19)29-20-10-6-14-25-15-20/h1-11,14-16H,12-13,17H2. The summed E-state index contributed by atoms with van der Waals surface area (Å²) in [7, 11) is 0. The smallest absolute Gasteiger partial charge is 0.306 e. The number of nitrogens with zero attached hydrogens (tertiary/aromatic N) is 2. The number of aromatic nitrogens is 2. The highest BCUT2D eigenvalue weighted by molar-refractivity contribution is 5.69. The maximum atomic E-state index is 12.2. The molecule has 0 spiro atoms. The van der Waals surface area contributed by atoms with Crippen LogP contribution in [0.15, 0.2) is 89.7 Å². The number of rotatable bonds is 8. The second-order valence-corrected chi connectivity index (χ2v) is 6.54. The van der Waals surface area contributed by atoms with Gasteiger partial charge >= 0.3 is 5.97 Å². The van der Waals surface area contributed by atoms with E-state index < -0.39 is 0 Å². The van der Waals surface area contributed by atoms with E-state index in [2.05, 4.69) is 9.97 Å². The lowest BCUT2D eigenvalue weighted by atomic mass is 10.2. The summed E-state index contributed by atoms with van der Waals surface area (Å²) in [6, 6.07) is 20.7. The van der Waals surface area contributed by atoms with E-state index in [4.69, 9.17) is 13.9 Å². The maximum absolute atomic E-state index is 12.2. The van der Waals surface area contributed by atoms with Gasteiger partial charge in [-0.2, -0.15) is 0 Å². The van der Waals surface area contributed by atoms with Crippen molar-refractivity contribution < 1.29 is 18.7 Å². The zero-order chi connectivity index (χ0) is 20.6. The average Bonchev–Trinajstić information content (AvgIpc) is 3.28. The first-order chi connectivity index (χ1) is 14.8. The van der Waals surface area contributed by atoms with Crippen molar-refractivity contribution in [3.8, 4) is 22.8 Å². The molecule has 2 aromatic carbocycles. The topological polar surface area (TPSA) is 74.5 Å². The van der Waals surface area contributed by atoms with Gasteiger partial charge in [0.15, 0.2) is 11.7 Å². The highest BCUT2D eigenvalue weighted by Crippen LogP contribution is 2.25. The number of aryl methyl sites for hydroxylation is 1. The first-order valence-corrected chi connectivity index (χ1v) is 9.59. The fourth-order valence-corrected chi connectivity index (χ4v) is 2.86. The van der Waals surface area contributed by atoms with E-state index in [0.717, 1.165) is 11.1 Å². The SMILES string of the molecule is O=C(CCc1ncc(-c2ccccc2)o1)OCc1ccccc1Oc1cccnc1. The van der Waals surface area contributed by atoms with Crippen molar-refractivity contribution in [1.29, 1.82) is 0 Å². The van der Waals surface area contributed by atoms with Crippen LogP contribution < -0.4 is 4.74 Å². The number of carbonyl (C=O) groups is 1. The Morgan fingerprint density at radius 3 is 2.60 bits per heavy atom. The number of oxazole rings is 1. The number of hydrogen-bond donors (Lipinski definition) is 0. The van der Waals surface area contributed by atoms with Crippen molar-refractivity contribution in [3.63, 3.8) is 0 Å². The summed E-state index contributed by atoms with van der Waals surface area (Å²) in [6.07, 6.45) is 5.53. The Morgan fingerprint density at radius 1 is 0.933 bits per heavy atom. The van der Waals surface area contributed by atoms with Gasteiger partial charge in [0.25, 0.3) is 0 Å². The van der Waals surface area contributed by atoms with E-state index in [0.29, 0.717) is 29.6 Å². The molecule has 6 heteroatoms. The Hall–Kier alpha value is -3.93. The summed E-state index contributed by atoms with van der Waals surface area (Å²) < 4.78 is 17.0. The molecule has 0 fully saturated rings. The Balaban J connectivity index is 1.30. The normalized spacial score (nSPS) is 10.5. The third kappa shape index (κ3) is 5.11. The van der Waals surface area contributed by atoms with Crippen LogP contribution >= 0.6 is 0 Å². The first-order valence-electron chi connectivity index (χ1n) is 9.59. The molecule has 6 nitrogen and oxygen atoms in total. The van der Waals surface area contributed by atoms with Crippen LogP contribution in [-0.4, -0.2) is 15.9 Å². The molecule has 2 heterocycles. The number of para-hydroxylation sites is 1. The zero-order valence-corrected chi connectivity index (χ0v) is 16.2. The lowest BCUT2D eigenvalue weighted by molar-refractivity contribution is -0.145. The highest BCUT2D eigenvalue weighted by Gasteiger charge is 2.11. The fraction of sp³-hybridized carbons (Fsp3) is 0.125. The largest absolute Gasteiger partial charge is 0.461 e. The highest BCUT2D eigenvalue weighted by atomic mass is 16.5. The summed E-state index contributed by atoms with van der Waals surface area (Å²) in [5.41, 5.74) is 1.72. The van der Waals surface area contributed by atoms with Crippen LogP contribution in [0.4, 0.5) is 0 Å². The number of ether oxygens (including phenoxy) is 2. The number of esters is 1. The molecule has 0 unspecified atom stereocenters. The molecule has 2 aromatic heterocycles. The van der Waals surface area contributed by atoms with Crippen LogP contribution in [0.5, 0.6) is 11.5 Å². The van der Waals surface area contributed by atoms with E-state index in [1.165, 1.54) is 0 Å². The molecule has 0 radical (unpaired) electrons. The molecule has 0 saturated carbocycles. The monoisotopic (exact) mass is 400 g/mol. The van der Waals surface area contributed by atoms with Gasteiger partial charge in [-0.3, -0.25) is 9.78 Å². The van der Waals surface area contributed by atoms with Gasteiger partial charge in [-0.05, 0) is 18.2 Å². The molecule has 4 aromatic rings. The molecule has 0 atom stereocenters. The van der Waals surface area contributed by atoms with Crippen molar-refractivity contribution in [2.75, 3.05) is 0 Å². The van der Waals surface area contributed by atoms with Crippen molar-refractivity contribution in [1.82, 2.24) is 9.97 Å². The van der Waals surface area contributed by atoms with Gasteiger partial charge in [0.1, 0.15) is 18.1 Å². The third-order valence-electron chi connectivity index (χ3n) is 4.38. The van der Waals surface area contributed by atoms with Gasteiger partial charge in [0.2, 0.25) is 0 Å². The number of pyridine rings is 1. The summed E-state index contributed by atoms with van der Waals surface area (Å²) in [5.74, 6) is 2.10. The Labute approximate surface area is 174 Å². The van der Waals surface area contributed by atoms with Gasteiger partial charge in [-0.1, -0.05) is 48.5 Å². The van der Waals surface area contributed by atoms with Crippen molar-refractivity contribution >= 4 is 5.97 Å². The molecule has 30 heavy (non-hydrogen) atoms. The van der Waals surface area contributed by atoms with Crippen molar-refractivity contribution in [3.05, 3.63) is 96.8 Å². The van der Waals surface area contributed by atoms with E-state index in [-0.39, 0.29) is 19.0 Å². The summed E-state index contributed by atoms with van der Waals surface area (Å²) >= 11 is 0. The Bertz CT molecular complexity index is 1090. The van der Waals surface area contributed by atoms with Crippen LogP contribution in [0.2, 0.25) is 0 Å². The molecule has 0 bridgehead atoms. The lowest BCUT2D eigenvalue weighted by Crippen LogP contribution is -2.06. The Kier molecular flexibility index (Phi) is 6.15. The molecule has 0 saturated heterocycles. The van der Waals surface area contributed by atoms with Gasteiger partial charge in [-0.25, -0.2) is 4.98 Å². The van der Waals surface area contributed by atoms with Gasteiger partial charge in [0, 0.05) is 23.7 Å². The molecule has 0 aliphatic heterocycles. The minimum atomic E-state index is -0.328. The number of hydrogen-bond acceptors (Lipinski definition) is 6. The number of carbonyl (C=O) groups excluding carboxylic acids is 1. The third-order valence-corrected chi connectivity index (χ3v) is 4.38. The van der Waals surface area contributed by atoms with Gasteiger partial charge in [0.05, 0.1) is 18.8 Å². The molecule has 0 N–H and O–H groups in total. The number of benzene rings is 2. The Morgan fingerprint density at radius 2 is 1.77 bits per heavy atom. The summed E-state index contributed by atoms with van der Waals surface area (Å²) in [6.45, 7) is 0.121. The lowest BCUT2D eigenvalue weighted by Gasteiger charge is -2.11. The van der Waals surface area contributed by atoms with E-state index >= 15 is 0 Å². The molecule has 4 rings (SSSR count). The van der Waals surface area contributed by atoms with Crippen LogP contribution in [0.25, 0.3) is 11.3 Å².